The minimum Gasteiger partial charge on any atom is -0.497 e. The summed E-state index contributed by atoms with van der Waals surface area (Å²) >= 11 is 0. The molecule has 2 aromatic rings. The molecule has 0 aromatic heterocycles. The highest BCUT2D eigenvalue weighted by atomic mass is 16.5. The van der Waals surface area contributed by atoms with Crippen molar-refractivity contribution in [1.29, 1.82) is 0 Å². The van der Waals surface area contributed by atoms with Crippen molar-refractivity contribution in [3.8, 4) is 5.75 Å². The molecule has 0 fully saturated rings. The van der Waals surface area contributed by atoms with Gasteiger partial charge in [0.25, 0.3) is 0 Å². The first-order valence-electron chi connectivity index (χ1n) is 7.86. The summed E-state index contributed by atoms with van der Waals surface area (Å²) in [6.45, 7) is 3.65. The number of hydrogen-bond donors (Lipinski definition) is 0. The van der Waals surface area contributed by atoms with Crippen molar-refractivity contribution in [3.63, 3.8) is 0 Å². The van der Waals surface area contributed by atoms with Crippen molar-refractivity contribution in [1.82, 2.24) is 4.90 Å². The lowest BCUT2D eigenvalue weighted by Gasteiger charge is -2.31. The zero-order chi connectivity index (χ0) is 16.2. The number of ketones is 1. The van der Waals surface area contributed by atoms with Gasteiger partial charge >= 0.3 is 0 Å². The monoisotopic (exact) mass is 307 g/mol. The van der Waals surface area contributed by atoms with E-state index in [2.05, 4.69) is 17.0 Å². The summed E-state index contributed by atoms with van der Waals surface area (Å²) in [7, 11) is 1.65. The second-order valence-corrected chi connectivity index (χ2v) is 5.77. The third-order valence-electron chi connectivity index (χ3n) is 4.32. The number of nitrogens with zero attached hydrogens (tertiary/aromatic N) is 1. The molecule has 3 heteroatoms. The molecule has 0 atom stereocenters. The number of methoxy groups -OCH3 is 1. The standard InChI is InChI=1S/C20H21NO2/c1-15-20(17-8-10-18(23-2)11-9-17)19(22)12-13-21(15)14-16-6-4-3-5-7-16/h3-11H,12-14H2,1-2H3. The smallest absolute Gasteiger partial charge is 0.166 e. The molecule has 118 valence electrons. The fraction of sp³-hybridized carbons (Fsp3) is 0.250. The number of rotatable bonds is 4. The Morgan fingerprint density at radius 2 is 1.74 bits per heavy atom. The minimum absolute atomic E-state index is 0.219. The number of benzene rings is 2. The highest BCUT2D eigenvalue weighted by Crippen LogP contribution is 2.29. The van der Waals surface area contributed by atoms with Crippen LogP contribution in [0.4, 0.5) is 0 Å². The van der Waals surface area contributed by atoms with Crippen molar-refractivity contribution >= 4 is 11.4 Å². The summed E-state index contributed by atoms with van der Waals surface area (Å²) in [6.07, 6.45) is 0.561. The number of carbonyl (C=O) groups excluding carboxylic acids is 1. The summed E-state index contributed by atoms with van der Waals surface area (Å²) in [5.41, 5.74) is 4.10. The van der Waals surface area contributed by atoms with E-state index in [9.17, 15) is 4.79 Å². The van der Waals surface area contributed by atoms with E-state index in [-0.39, 0.29) is 5.78 Å². The second-order valence-electron chi connectivity index (χ2n) is 5.77. The Kier molecular flexibility index (Phi) is 4.47. The molecule has 0 saturated heterocycles. The van der Waals surface area contributed by atoms with Crippen LogP contribution in [0.15, 0.2) is 60.3 Å². The van der Waals surface area contributed by atoms with Crippen LogP contribution >= 0.6 is 0 Å². The number of Topliss-reactive ketones (excluding diaryl/α,β-unsaturated/α-hetero) is 1. The topological polar surface area (TPSA) is 29.5 Å². The molecule has 0 saturated carbocycles. The largest absolute Gasteiger partial charge is 0.497 e. The minimum atomic E-state index is 0.219. The SMILES string of the molecule is COc1ccc(C2=C(C)N(Cc3ccccc3)CCC2=O)cc1. The zero-order valence-corrected chi connectivity index (χ0v) is 13.6. The first-order chi connectivity index (χ1) is 11.2. The summed E-state index contributed by atoms with van der Waals surface area (Å²) in [4.78, 5) is 14.7. The quantitative estimate of drug-likeness (QED) is 0.858. The van der Waals surface area contributed by atoms with Crippen molar-refractivity contribution in [2.75, 3.05) is 13.7 Å². The molecule has 0 unspecified atom stereocenters. The lowest BCUT2D eigenvalue weighted by molar-refractivity contribution is -0.114. The van der Waals surface area contributed by atoms with E-state index in [0.29, 0.717) is 6.42 Å². The van der Waals surface area contributed by atoms with E-state index in [1.54, 1.807) is 7.11 Å². The number of ether oxygens (including phenoxy) is 1. The molecule has 3 nitrogen and oxygen atoms in total. The van der Waals surface area contributed by atoms with Gasteiger partial charge in [-0.25, -0.2) is 0 Å². The predicted octanol–water partition coefficient (Wildman–Crippen LogP) is 3.90. The van der Waals surface area contributed by atoms with E-state index >= 15 is 0 Å². The normalized spacial score (nSPS) is 15.0. The molecule has 0 bridgehead atoms. The maximum Gasteiger partial charge on any atom is 0.166 e. The lowest BCUT2D eigenvalue weighted by atomic mass is 9.94. The van der Waals surface area contributed by atoms with Gasteiger partial charge in [0.15, 0.2) is 5.78 Å². The summed E-state index contributed by atoms with van der Waals surface area (Å²) in [5, 5.41) is 0. The van der Waals surface area contributed by atoms with Crippen LogP contribution in [0, 0.1) is 0 Å². The molecule has 1 heterocycles. The van der Waals surface area contributed by atoms with Crippen LogP contribution < -0.4 is 4.74 Å². The third kappa shape index (κ3) is 3.29. The average molecular weight is 307 g/mol. The molecule has 1 aliphatic rings. The summed E-state index contributed by atoms with van der Waals surface area (Å²) in [5.74, 6) is 1.02. The van der Waals surface area contributed by atoms with Crippen molar-refractivity contribution in [2.24, 2.45) is 0 Å². The van der Waals surface area contributed by atoms with Gasteiger partial charge in [-0.05, 0) is 30.2 Å². The van der Waals surface area contributed by atoms with Gasteiger partial charge < -0.3 is 9.64 Å². The Hall–Kier alpha value is -2.55. The van der Waals surface area contributed by atoms with Gasteiger partial charge in [0.1, 0.15) is 5.75 Å². The van der Waals surface area contributed by atoms with Crippen molar-refractivity contribution in [3.05, 3.63) is 71.4 Å². The van der Waals surface area contributed by atoms with E-state index in [0.717, 1.165) is 35.7 Å². The van der Waals surface area contributed by atoms with Gasteiger partial charge in [-0.2, -0.15) is 0 Å². The van der Waals surface area contributed by atoms with Crippen LogP contribution in [-0.4, -0.2) is 24.3 Å². The molecule has 0 radical (unpaired) electrons. The van der Waals surface area contributed by atoms with Crippen LogP contribution in [0.5, 0.6) is 5.75 Å². The summed E-state index contributed by atoms with van der Waals surface area (Å²) < 4.78 is 5.20. The molecule has 0 N–H and O–H groups in total. The molecular formula is C20H21NO2. The Bertz CT molecular complexity index is 717. The van der Waals surface area contributed by atoms with Crippen LogP contribution in [0.1, 0.15) is 24.5 Å². The Morgan fingerprint density at radius 3 is 2.39 bits per heavy atom. The Balaban J connectivity index is 1.91. The highest BCUT2D eigenvalue weighted by molar-refractivity contribution is 6.22. The van der Waals surface area contributed by atoms with Gasteiger partial charge in [-0.15, -0.1) is 0 Å². The van der Waals surface area contributed by atoms with Gasteiger partial charge in [0.2, 0.25) is 0 Å². The number of carbonyl (C=O) groups is 1. The van der Waals surface area contributed by atoms with Crippen LogP contribution in [-0.2, 0) is 11.3 Å². The van der Waals surface area contributed by atoms with Gasteiger partial charge in [0.05, 0.1) is 7.11 Å². The van der Waals surface area contributed by atoms with Gasteiger partial charge in [-0.1, -0.05) is 42.5 Å². The summed E-state index contributed by atoms with van der Waals surface area (Å²) in [6, 6.07) is 18.1. The molecule has 23 heavy (non-hydrogen) atoms. The molecule has 0 amide bonds. The van der Waals surface area contributed by atoms with Gasteiger partial charge in [-0.3, -0.25) is 4.79 Å². The first kappa shape index (κ1) is 15.3. The van der Waals surface area contributed by atoms with Crippen LogP contribution in [0.3, 0.4) is 0 Å². The maximum atomic E-state index is 12.4. The van der Waals surface area contributed by atoms with E-state index in [4.69, 9.17) is 4.74 Å². The number of hydrogen-bond acceptors (Lipinski definition) is 3. The van der Waals surface area contributed by atoms with Gasteiger partial charge in [0, 0.05) is 30.8 Å². The molecule has 1 aliphatic heterocycles. The number of allylic oxidation sites excluding steroid dienone is 2. The predicted molar refractivity (Wildman–Crippen MR) is 92.1 cm³/mol. The maximum absolute atomic E-state index is 12.4. The zero-order valence-electron chi connectivity index (χ0n) is 13.6. The third-order valence-corrected chi connectivity index (χ3v) is 4.32. The van der Waals surface area contributed by atoms with Crippen molar-refractivity contribution in [2.45, 2.75) is 19.9 Å². The Labute approximate surface area is 137 Å². The molecule has 0 aliphatic carbocycles. The molecule has 0 spiro atoms. The molecular weight excluding hydrogens is 286 g/mol. The lowest BCUT2D eigenvalue weighted by Crippen LogP contribution is -2.31. The fourth-order valence-electron chi connectivity index (χ4n) is 3.02. The van der Waals surface area contributed by atoms with Crippen LogP contribution in [0.25, 0.3) is 5.57 Å². The highest BCUT2D eigenvalue weighted by Gasteiger charge is 2.24. The molecule has 3 rings (SSSR count). The van der Waals surface area contributed by atoms with Crippen LogP contribution in [0.2, 0.25) is 0 Å². The van der Waals surface area contributed by atoms with Crippen molar-refractivity contribution < 1.29 is 9.53 Å². The van der Waals surface area contributed by atoms with E-state index in [1.807, 2.05) is 49.4 Å². The first-order valence-corrected chi connectivity index (χ1v) is 7.86. The average Bonchev–Trinajstić information content (AvgIpc) is 2.59. The van der Waals surface area contributed by atoms with E-state index in [1.165, 1.54) is 5.56 Å². The second kappa shape index (κ2) is 6.69. The fourth-order valence-corrected chi connectivity index (χ4v) is 3.02. The van der Waals surface area contributed by atoms with E-state index < -0.39 is 0 Å². The molecule has 2 aromatic carbocycles. The Morgan fingerprint density at radius 1 is 1.04 bits per heavy atom.